The maximum absolute atomic E-state index is 14.4. The number of benzene rings is 3. The van der Waals surface area contributed by atoms with Crippen molar-refractivity contribution in [2.75, 3.05) is 26.6 Å². The molecule has 0 radical (unpaired) electrons. The highest BCUT2D eigenvalue weighted by Crippen LogP contribution is 2.41. The molecule has 0 saturated heterocycles. The van der Waals surface area contributed by atoms with Gasteiger partial charge in [-0.15, -0.1) is 0 Å². The standard InChI is InChI=1S/C18H17NO3.C14H11Cl2FN2O3/c1-2-21-17(20)16-13-18(22-19-16,14-9-5-3-6-10-14)15-11-7-4-8-12-15;1-21-13-7(15)4-3-6(11(13)17)9-5-8(18)10(16)12(19-9)14(20)22-2/h3-12H,2,13H2,1H3;3-5H,1-2H3,(H2,18,19). The molecule has 3 aromatic carbocycles. The number of oxime groups is 1. The molecule has 4 aromatic rings. The van der Waals surface area contributed by atoms with Crippen molar-refractivity contribution in [3.8, 4) is 17.0 Å². The minimum Gasteiger partial charge on any atom is -0.492 e. The number of nitrogen functional groups attached to an aromatic ring is 1. The van der Waals surface area contributed by atoms with Crippen molar-refractivity contribution in [1.29, 1.82) is 0 Å². The molecule has 228 valence electrons. The lowest BCUT2D eigenvalue weighted by Crippen LogP contribution is -2.29. The maximum atomic E-state index is 14.4. The Bertz CT molecular complexity index is 1650. The number of hydrogen-bond donors (Lipinski definition) is 1. The Labute approximate surface area is 263 Å². The van der Waals surface area contributed by atoms with E-state index in [-0.39, 0.29) is 38.4 Å². The van der Waals surface area contributed by atoms with E-state index < -0.39 is 23.4 Å². The third-order valence-electron chi connectivity index (χ3n) is 6.61. The molecular weight excluding hydrogens is 612 g/mol. The molecule has 44 heavy (non-hydrogen) atoms. The fraction of sp³-hybridized carbons (Fsp3) is 0.188. The average molecular weight is 640 g/mol. The lowest BCUT2D eigenvalue weighted by molar-refractivity contribution is -0.135. The fourth-order valence-electron chi connectivity index (χ4n) is 4.48. The summed E-state index contributed by atoms with van der Waals surface area (Å²) in [7, 11) is 2.46. The molecular formula is C32H28Cl2FN3O6. The van der Waals surface area contributed by atoms with Gasteiger partial charge in [0.15, 0.2) is 28.6 Å². The first kappa shape index (κ1) is 32.2. The molecule has 0 saturated carbocycles. The molecule has 12 heteroatoms. The third-order valence-corrected chi connectivity index (χ3v) is 7.31. The van der Waals surface area contributed by atoms with E-state index in [2.05, 4.69) is 14.9 Å². The average Bonchev–Trinajstić information content (AvgIpc) is 3.51. The summed E-state index contributed by atoms with van der Waals surface area (Å²) in [4.78, 5) is 33.4. The van der Waals surface area contributed by atoms with E-state index in [0.29, 0.717) is 18.7 Å². The minimum atomic E-state index is -0.778. The Hall–Kier alpha value is -4.67. The van der Waals surface area contributed by atoms with Gasteiger partial charge >= 0.3 is 11.9 Å². The van der Waals surface area contributed by atoms with Crippen LogP contribution in [0.5, 0.6) is 5.75 Å². The Morgan fingerprint density at radius 2 is 1.59 bits per heavy atom. The van der Waals surface area contributed by atoms with Crippen molar-refractivity contribution < 1.29 is 33.0 Å². The van der Waals surface area contributed by atoms with Gasteiger partial charge in [0.05, 0.1) is 48.7 Å². The van der Waals surface area contributed by atoms with Gasteiger partial charge in [-0.25, -0.2) is 19.0 Å². The van der Waals surface area contributed by atoms with Gasteiger partial charge in [0, 0.05) is 16.7 Å². The predicted octanol–water partition coefficient (Wildman–Crippen LogP) is 6.84. The number of esters is 2. The van der Waals surface area contributed by atoms with Gasteiger partial charge in [0.1, 0.15) is 0 Å². The van der Waals surface area contributed by atoms with E-state index in [1.807, 2.05) is 60.7 Å². The summed E-state index contributed by atoms with van der Waals surface area (Å²) >= 11 is 11.8. The zero-order chi connectivity index (χ0) is 31.9. The summed E-state index contributed by atoms with van der Waals surface area (Å²) in [6.07, 6.45) is 0.361. The van der Waals surface area contributed by atoms with Crippen LogP contribution < -0.4 is 10.5 Å². The Balaban J connectivity index is 0.000000201. The Kier molecular flexibility index (Phi) is 10.4. The molecule has 1 aliphatic heterocycles. The summed E-state index contributed by atoms with van der Waals surface area (Å²) in [5, 5.41) is 4.05. The second-order valence-corrected chi connectivity index (χ2v) is 10.1. The maximum Gasteiger partial charge on any atom is 0.358 e. The zero-order valence-corrected chi connectivity index (χ0v) is 25.5. The van der Waals surface area contributed by atoms with Crippen LogP contribution in [0, 0.1) is 5.82 Å². The van der Waals surface area contributed by atoms with Gasteiger partial charge in [-0.2, -0.15) is 0 Å². The second-order valence-electron chi connectivity index (χ2n) is 9.28. The summed E-state index contributed by atoms with van der Waals surface area (Å²) in [6.45, 7) is 2.09. The van der Waals surface area contributed by atoms with Crippen LogP contribution in [0.4, 0.5) is 10.1 Å². The number of halogens is 3. The van der Waals surface area contributed by atoms with E-state index in [4.69, 9.17) is 43.2 Å². The van der Waals surface area contributed by atoms with Crippen molar-refractivity contribution in [2.45, 2.75) is 18.9 Å². The number of nitrogens with two attached hydrogens (primary N) is 1. The normalized spacial score (nSPS) is 13.1. The number of rotatable bonds is 7. The molecule has 9 nitrogen and oxygen atoms in total. The lowest BCUT2D eigenvalue weighted by atomic mass is 9.82. The largest absolute Gasteiger partial charge is 0.492 e. The summed E-state index contributed by atoms with van der Waals surface area (Å²) in [5.74, 6) is -2.05. The van der Waals surface area contributed by atoms with Crippen molar-refractivity contribution >= 4 is 46.5 Å². The van der Waals surface area contributed by atoms with Crippen LogP contribution in [0.15, 0.2) is 84.0 Å². The Morgan fingerprint density at radius 1 is 0.977 bits per heavy atom. The third kappa shape index (κ3) is 6.61. The molecule has 0 fully saturated rings. The van der Waals surface area contributed by atoms with Crippen LogP contribution >= 0.6 is 23.2 Å². The molecule has 2 heterocycles. The number of methoxy groups -OCH3 is 2. The quantitative estimate of drug-likeness (QED) is 0.218. The molecule has 0 unspecified atom stereocenters. The van der Waals surface area contributed by atoms with Crippen LogP contribution in [0.25, 0.3) is 11.3 Å². The molecule has 0 bridgehead atoms. The molecule has 0 atom stereocenters. The number of hydrogen-bond acceptors (Lipinski definition) is 9. The summed E-state index contributed by atoms with van der Waals surface area (Å²) in [5.41, 5.74) is 7.25. The first-order chi connectivity index (χ1) is 21.2. The SMILES string of the molecule is CCOC(=O)C1=NOC(c2ccccc2)(c2ccccc2)C1.COC(=O)c1nc(-c2ccc(Cl)c(OC)c2F)cc(N)c1Cl. The smallest absolute Gasteiger partial charge is 0.358 e. The summed E-state index contributed by atoms with van der Waals surface area (Å²) in [6, 6.07) is 23.8. The van der Waals surface area contributed by atoms with Crippen LogP contribution in [-0.4, -0.2) is 43.5 Å². The first-order valence-electron chi connectivity index (χ1n) is 13.3. The van der Waals surface area contributed by atoms with Gasteiger partial charge in [0.2, 0.25) is 0 Å². The van der Waals surface area contributed by atoms with Gasteiger partial charge in [-0.1, -0.05) is 89.0 Å². The van der Waals surface area contributed by atoms with Crippen molar-refractivity contribution in [3.05, 3.63) is 112 Å². The Morgan fingerprint density at radius 3 is 2.14 bits per heavy atom. The van der Waals surface area contributed by atoms with Gasteiger partial charge in [0.25, 0.3) is 0 Å². The number of anilines is 1. The number of ether oxygens (including phenoxy) is 3. The second kappa shape index (κ2) is 14.2. The van der Waals surface area contributed by atoms with E-state index in [0.717, 1.165) is 11.1 Å². The minimum absolute atomic E-state index is 0.0584. The van der Waals surface area contributed by atoms with Crippen molar-refractivity contribution in [1.82, 2.24) is 4.98 Å². The highest BCUT2D eigenvalue weighted by atomic mass is 35.5. The molecule has 0 aliphatic carbocycles. The van der Waals surface area contributed by atoms with Crippen LogP contribution in [0.2, 0.25) is 10.0 Å². The number of aromatic nitrogens is 1. The van der Waals surface area contributed by atoms with Crippen molar-refractivity contribution in [2.24, 2.45) is 5.16 Å². The molecule has 5 rings (SSSR count). The summed E-state index contributed by atoms with van der Waals surface area (Å²) < 4.78 is 29.0. The van der Waals surface area contributed by atoms with E-state index in [9.17, 15) is 14.0 Å². The fourth-order valence-corrected chi connectivity index (χ4v) is 4.88. The number of carbonyl (C=O) groups excluding carboxylic acids is 2. The first-order valence-corrected chi connectivity index (χ1v) is 14.0. The molecule has 1 aliphatic rings. The highest BCUT2D eigenvalue weighted by Gasteiger charge is 2.45. The molecule has 2 N–H and O–H groups in total. The van der Waals surface area contributed by atoms with Crippen molar-refractivity contribution in [3.63, 3.8) is 0 Å². The van der Waals surface area contributed by atoms with Crippen LogP contribution in [0.1, 0.15) is 35.0 Å². The lowest BCUT2D eigenvalue weighted by Gasteiger charge is -2.27. The highest BCUT2D eigenvalue weighted by molar-refractivity contribution is 6.37. The van der Waals surface area contributed by atoms with Gasteiger partial charge in [-0.3, -0.25) is 0 Å². The molecule has 1 aromatic heterocycles. The molecule has 0 amide bonds. The van der Waals surface area contributed by atoms with Crippen LogP contribution in [-0.2, 0) is 24.7 Å². The topological polar surface area (TPSA) is 122 Å². The number of carbonyl (C=O) groups is 2. The predicted molar refractivity (Wildman–Crippen MR) is 165 cm³/mol. The monoisotopic (exact) mass is 639 g/mol. The van der Waals surface area contributed by atoms with Crippen LogP contribution in [0.3, 0.4) is 0 Å². The van der Waals surface area contributed by atoms with E-state index in [1.165, 1.54) is 32.4 Å². The zero-order valence-electron chi connectivity index (χ0n) is 24.0. The number of nitrogens with zero attached hydrogens (tertiary/aromatic N) is 2. The number of pyridine rings is 1. The van der Waals surface area contributed by atoms with E-state index in [1.54, 1.807) is 6.92 Å². The van der Waals surface area contributed by atoms with Gasteiger partial charge < -0.3 is 24.8 Å². The van der Waals surface area contributed by atoms with Gasteiger partial charge in [-0.05, 0) is 25.1 Å². The molecule has 0 spiro atoms. The van der Waals surface area contributed by atoms with E-state index >= 15 is 0 Å².